The van der Waals surface area contributed by atoms with Crippen molar-refractivity contribution in [3.8, 4) is 5.75 Å². The maximum absolute atomic E-state index is 11.8. The van der Waals surface area contributed by atoms with E-state index in [0.29, 0.717) is 5.75 Å². The van der Waals surface area contributed by atoms with E-state index in [1.165, 1.54) is 11.1 Å². The van der Waals surface area contributed by atoms with Crippen molar-refractivity contribution < 1.29 is 9.53 Å². The van der Waals surface area contributed by atoms with E-state index < -0.39 is 0 Å². The Morgan fingerprint density at radius 3 is 2.33 bits per heavy atom. The van der Waals surface area contributed by atoms with Gasteiger partial charge in [-0.3, -0.25) is 4.79 Å². The van der Waals surface area contributed by atoms with Crippen LogP contribution in [0.3, 0.4) is 0 Å². The third kappa shape index (κ3) is 4.95. The predicted molar refractivity (Wildman–Crippen MR) is 97.7 cm³/mol. The quantitative estimate of drug-likeness (QED) is 0.650. The van der Waals surface area contributed by atoms with Crippen LogP contribution in [0, 0.1) is 20.8 Å². The molecule has 2 aromatic rings. The Kier molecular flexibility index (Phi) is 6.13. The molecule has 0 bridgehead atoms. The molecule has 1 amide bonds. The van der Waals surface area contributed by atoms with Gasteiger partial charge >= 0.3 is 0 Å². The number of benzene rings is 2. The van der Waals surface area contributed by atoms with Crippen LogP contribution in [0.4, 0.5) is 0 Å². The summed E-state index contributed by atoms with van der Waals surface area (Å²) in [5.74, 6) is 0.393. The minimum Gasteiger partial charge on any atom is -0.484 e. The first-order chi connectivity index (χ1) is 11.5. The Hall–Kier alpha value is -2.62. The number of amides is 1. The third-order valence-electron chi connectivity index (χ3n) is 3.82. The van der Waals surface area contributed by atoms with Gasteiger partial charge in [-0.2, -0.15) is 5.10 Å². The van der Waals surface area contributed by atoms with Crippen molar-refractivity contribution in [2.45, 2.75) is 34.1 Å². The normalized spacial score (nSPS) is 10.8. The van der Waals surface area contributed by atoms with E-state index in [2.05, 4.69) is 36.5 Å². The number of nitrogens with one attached hydrogen (secondary N) is 1. The molecule has 1 N–H and O–H groups in total. The molecule has 2 rings (SSSR count). The Morgan fingerprint density at radius 2 is 1.75 bits per heavy atom. The van der Waals surface area contributed by atoms with E-state index in [-0.39, 0.29) is 12.5 Å². The van der Waals surface area contributed by atoms with Crippen LogP contribution in [0.15, 0.2) is 41.5 Å². The molecule has 0 saturated carbocycles. The molecule has 0 aliphatic heterocycles. The Bertz CT molecular complexity index is 711. The molecule has 0 aromatic heterocycles. The average Bonchev–Trinajstić information content (AvgIpc) is 2.55. The molecule has 4 nitrogen and oxygen atoms in total. The van der Waals surface area contributed by atoms with Gasteiger partial charge in [0.2, 0.25) is 0 Å². The number of aryl methyl sites for hydroxylation is 4. The lowest BCUT2D eigenvalue weighted by Crippen LogP contribution is -2.24. The van der Waals surface area contributed by atoms with E-state index >= 15 is 0 Å². The number of nitrogens with zero attached hydrogens (tertiary/aromatic N) is 1. The summed E-state index contributed by atoms with van der Waals surface area (Å²) in [5, 5.41) is 4.03. The number of rotatable bonds is 6. The average molecular weight is 324 g/mol. The Labute approximate surface area is 143 Å². The lowest BCUT2D eigenvalue weighted by molar-refractivity contribution is -0.123. The fourth-order valence-electron chi connectivity index (χ4n) is 2.57. The monoisotopic (exact) mass is 324 g/mol. The molecule has 0 fully saturated rings. The highest BCUT2D eigenvalue weighted by atomic mass is 16.5. The SMILES string of the molecule is CCc1ccc(OCC(=O)NN=Cc2c(C)cc(C)cc2C)cc1. The van der Waals surface area contributed by atoms with Crippen molar-refractivity contribution in [3.05, 3.63) is 64.2 Å². The summed E-state index contributed by atoms with van der Waals surface area (Å²) < 4.78 is 5.45. The zero-order chi connectivity index (χ0) is 17.5. The van der Waals surface area contributed by atoms with Gasteiger partial charge in [-0.05, 0) is 56.0 Å². The smallest absolute Gasteiger partial charge is 0.277 e. The van der Waals surface area contributed by atoms with Crippen molar-refractivity contribution in [1.29, 1.82) is 0 Å². The third-order valence-corrected chi connectivity index (χ3v) is 3.82. The molecule has 0 radical (unpaired) electrons. The molecule has 4 heteroatoms. The van der Waals surface area contributed by atoms with Crippen LogP contribution in [0.1, 0.15) is 34.7 Å². The summed E-state index contributed by atoms with van der Waals surface area (Å²) in [6.45, 7) is 8.17. The van der Waals surface area contributed by atoms with Crippen LogP contribution >= 0.6 is 0 Å². The number of carbonyl (C=O) groups is 1. The lowest BCUT2D eigenvalue weighted by Gasteiger charge is -2.07. The van der Waals surface area contributed by atoms with Gasteiger partial charge < -0.3 is 4.74 Å². The first kappa shape index (κ1) is 17.7. The summed E-state index contributed by atoms with van der Waals surface area (Å²) >= 11 is 0. The van der Waals surface area contributed by atoms with E-state index in [1.807, 2.05) is 38.1 Å². The van der Waals surface area contributed by atoms with Crippen LogP contribution in [0.5, 0.6) is 5.75 Å². The maximum atomic E-state index is 11.8. The van der Waals surface area contributed by atoms with Crippen LogP contribution < -0.4 is 10.2 Å². The predicted octanol–water partition coefficient (Wildman–Crippen LogP) is 3.70. The van der Waals surface area contributed by atoms with Gasteiger partial charge in [-0.1, -0.05) is 36.8 Å². The molecule has 0 spiro atoms. The molecule has 126 valence electrons. The number of hydrazone groups is 1. The second kappa shape index (κ2) is 8.29. The second-order valence-electron chi connectivity index (χ2n) is 5.89. The van der Waals surface area contributed by atoms with Gasteiger partial charge in [0.15, 0.2) is 6.61 Å². The summed E-state index contributed by atoms with van der Waals surface area (Å²) in [6, 6.07) is 11.9. The molecular weight excluding hydrogens is 300 g/mol. The van der Waals surface area contributed by atoms with Crippen molar-refractivity contribution in [2.75, 3.05) is 6.61 Å². The fourth-order valence-corrected chi connectivity index (χ4v) is 2.57. The van der Waals surface area contributed by atoms with E-state index in [9.17, 15) is 4.79 Å². The Balaban J connectivity index is 1.86. The molecule has 0 aliphatic carbocycles. The molecule has 0 saturated heterocycles. The van der Waals surface area contributed by atoms with E-state index in [0.717, 1.165) is 23.1 Å². The highest BCUT2D eigenvalue weighted by Crippen LogP contribution is 2.14. The van der Waals surface area contributed by atoms with Crippen molar-refractivity contribution in [1.82, 2.24) is 5.43 Å². The Morgan fingerprint density at radius 1 is 1.12 bits per heavy atom. The van der Waals surface area contributed by atoms with Gasteiger partial charge in [0.25, 0.3) is 5.91 Å². The summed E-state index contributed by atoms with van der Waals surface area (Å²) in [6.07, 6.45) is 2.66. The topological polar surface area (TPSA) is 50.7 Å². The lowest BCUT2D eigenvalue weighted by atomic mass is 10.0. The van der Waals surface area contributed by atoms with Crippen LogP contribution in [0.2, 0.25) is 0 Å². The first-order valence-electron chi connectivity index (χ1n) is 8.11. The second-order valence-corrected chi connectivity index (χ2v) is 5.89. The molecule has 24 heavy (non-hydrogen) atoms. The highest BCUT2D eigenvalue weighted by molar-refractivity contribution is 5.85. The number of hydrogen-bond donors (Lipinski definition) is 1. The van der Waals surface area contributed by atoms with Crippen molar-refractivity contribution in [3.63, 3.8) is 0 Å². The fraction of sp³-hybridized carbons (Fsp3) is 0.300. The van der Waals surface area contributed by atoms with Gasteiger partial charge in [0, 0.05) is 5.56 Å². The molecular formula is C20H24N2O2. The van der Waals surface area contributed by atoms with E-state index in [1.54, 1.807) is 6.21 Å². The zero-order valence-electron chi connectivity index (χ0n) is 14.7. The van der Waals surface area contributed by atoms with Gasteiger partial charge in [0.05, 0.1) is 6.21 Å². The number of hydrogen-bond acceptors (Lipinski definition) is 3. The highest BCUT2D eigenvalue weighted by Gasteiger charge is 2.03. The maximum Gasteiger partial charge on any atom is 0.277 e. The largest absolute Gasteiger partial charge is 0.484 e. The summed E-state index contributed by atoms with van der Waals surface area (Å²) in [7, 11) is 0. The van der Waals surface area contributed by atoms with Crippen LogP contribution in [0.25, 0.3) is 0 Å². The molecule has 0 atom stereocenters. The summed E-state index contributed by atoms with van der Waals surface area (Å²) in [4.78, 5) is 11.8. The van der Waals surface area contributed by atoms with Gasteiger partial charge in [0.1, 0.15) is 5.75 Å². The molecule has 0 heterocycles. The molecule has 0 unspecified atom stereocenters. The van der Waals surface area contributed by atoms with Crippen LogP contribution in [-0.4, -0.2) is 18.7 Å². The van der Waals surface area contributed by atoms with Crippen molar-refractivity contribution in [2.24, 2.45) is 5.10 Å². The van der Waals surface area contributed by atoms with Crippen LogP contribution in [-0.2, 0) is 11.2 Å². The first-order valence-corrected chi connectivity index (χ1v) is 8.11. The zero-order valence-corrected chi connectivity index (χ0v) is 14.7. The van der Waals surface area contributed by atoms with E-state index in [4.69, 9.17) is 4.74 Å². The minimum absolute atomic E-state index is 0.0608. The molecule has 2 aromatic carbocycles. The summed E-state index contributed by atoms with van der Waals surface area (Å²) in [5.41, 5.74) is 8.25. The molecule has 0 aliphatic rings. The number of ether oxygens (including phenoxy) is 1. The van der Waals surface area contributed by atoms with Gasteiger partial charge in [-0.25, -0.2) is 5.43 Å². The number of carbonyl (C=O) groups excluding carboxylic acids is 1. The standard InChI is InChI=1S/C20H24N2O2/c1-5-17-6-8-18(9-7-17)24-13-20(23)22-21-12-19-15(3)10-14(2)11-16(19)4/h6-12H,5,13H2,1-4H3,(H,22,23). The van der Waals surface area contributed by atoms with Gasteiger partial charge in [-0.15, -0.1) is 0 Å². The minimum atomic E-state index is -0.284. The van der Waals surface area contributed by atoms with Crippen molar-refractivity contribution >= 4 is 12.1 Å².